The van der Waals surface area contributed by atoms with Crippen LogP contribution in [0.2, 0.25) is 0 Å². The number of nitrogens with zero attached hydrogens (tertiary/aromatic N) is 1. The molecular weight excluding hydrogens is 324 g/mol. The molecule has 1 aromatic carbocycles. The fraction of sp³-hybridized carbons (Fsp3) is 0.556. The van der Waals surface area contributed by atoms with E-state index in [9.17, 15) is 14.7 Å². The van der Waals surface area contributed by atoms with E-state index in [0.717, 1.165) is 29.8 Å². The van der Waals surface area contributed by atoms with Gasteiger partial charge < -0.3 is 10.4 Å². The van der Waals surface area contributed by atoms with Gasteiger partial charge in [-0.3, -0.25) is 14.5 Å². The van der Waals surface area contributed by atoms with Crippen LogP contribution in [0.4, 0.5) is 5.69 Å². The Bertz CT molecular complexity index is 651. The molecule has 0 aromatic heterocycles. The third-order valence-corrected chi connectivity index (χ3v) is 6.31. The van der Waals surface area contributed by atoms with Crippen molar-refractivity contribution in [1.82, 2.24) is 4.90 Å². The molecule has 0 bridgehead atoms. The number of carbonyl (C=O) groups excluding carboxylic acids is 1. The van der Waals surface area contributed by atoms with E-state index in [1.54, 1.807) is 11.8 Å². The molecule has 0 radical (unpaired) electrons. The molecule has 3 rings (SSSR count). The van der Waals surface area contributed by atoms with Crippen LogP contribution in [0.15, 0.2) is 29.2 Å². The summed E-state index contributed by atoms with van der Waals surface area (Å²) in [5.41, 5.74) is 0.138. The van der Waals surface area contributed by atoms with Crippen molar-refractivity contribution in [2.24, 2.45) is 11.3 Å². The summed E-state index contributed by atoms with van der Waals surface area (Å²) >= 11 is 1.63. The number of hydrogen-bond acceptors (Lipinski definition) is 4. The Hall–Kier alpha value is -1.53. The van der Waals surface area contributed by atoms with E-state index in [1.807, 2.05) is 42.3 Å². The number of fused-ring (bicyclic) bond motifs is 1. The van der Waals surface area contributed by atoms with Crippen molar-refractivity contribution >= 4 is 29.3 Å². The molecule has 1 aromatic rings. The molecule has 5 nitrogen and oxygen atoms in total. The van der Waals surface area contributed by atoms with E-state index < -0.39 is 11.4 Å². The summed E-state index contributed by atoms with van der Waals surface area (Å²) < 4.78 is 0. The van der Waals surface area contributed by atoms with Gasteiger partial charge in [0.2, 0.25) is 5.91 Å². The first kappa shape index (κ1) is 17.3. The smallest absolute Gasteiger partial charge is 0.311 e. The van der Waals surface area contributed by atoms with Gasteiger partial charge in [-0.15, -0.1) is 11.8 Å². The highest BCUT2D eigenvalue weighted by Gasteiger charge is 2.55. The number of carbonyl (C=O) groups is 2. The third kappa shape index (κ3) is 3.05. The zero-order valence-electron chi connectivity index (χ0n) is 14.1. The Morgan fingerprint density at radius 3 is 2.92 bits per heavy atom. The molecule has 1 aliphatic carbocycles. The number of hydrogen-bond donors (Lipinski definition) is 2. The number of carboxylic acids is 1. The normalized spacial score (nSPS) is 27.7. The number of likely N-dealkylation sites (tertiary alicyclic amines) is 1. The second-order valence-corrected chi connectivity index (χ2v) is 7.76. The summed E-state index contributed by atoms with van der Waals surface area (Å²) in [7, 11) is 0. The molecule has 0 spiro atoms. The summed E-state index contributed by atoms with van der Waals surface area (Å²) in [6.45, 7) is 3.04. The van der Waals surface area contributed by atoms with Gasteiger partial charge in [0.05, 0.1) is 11.5 Å². The van der Waals surface area contributed by atoms with Gasteiger partial charge in [0.1, 0.15) is 0 Å². The largest absolute Gasteiger partial charge is 0.481 e. The van der Waals surface area contributed by atoms with Crippen molar-refractivity contribution in [2.45, 2.75) is 37.1 Å². The van der Waals surface area contributed by atoms with Crippen molar-refractivity contribution in [1.29, 1.82) is 0 Å². The Kier molecular flexibility index (Phi) is 4.88. The topological polar surface area (TPSA) is 69.6 Å². The van der Waals surface area contributed by atoms with Gasteiger partial charge >= 0.3 is 5.97 Å². The molecular formula is C18H24N2O3S. The number of aliphatic carboxylic acids is 1. The van der Waals surface area contributed by atoms with Gasteiger partial charge in [0, 0.05) is 23.7 Å². The Balaban J connectivity index is 1.67. The molecule has 1 amide bonds. The molecule has 3 atom stereocenters. The maximum absolute atomic E-state index is 12.6. The van der Waals surface area contributed by atoms with Crippen LogP contribution in [0.1, 0.15) is 26.2 Å². The number of amides is 1. The van der Waals surface area contributed by atoms with Crippen LogP contribution in [0.5, 0.6) is 0 Å². The van der Waals surface area contributed by atoms with Gasteiger partial charge in [-0.1, -0.05) is 12.5 Å². The molecule has 1 heterocycles. The van der Waals surface area contributed by atoms with Crippen molar-refractivity contribution in [3.05, 3.63) is 24.3 Å². The lowest BCUT2D eigenvalue weighted by Crippen LogP contribution is -2.43. The predicted octanol–water partition coefficient (Wildman–Crippen LogP) is 2.92. The predicted molar refractivity (Wildman–Crippen MR) is 95.3 cm³/mol. The molecule has 1 saturated heterocycles. The Morgan fingerprint density at radius 2 is 2.25 bits per heavy atom. The second-order valence-electron chi connectivity index (χ2n) is 6.88. The maximum Gasteiger partial charge on any atom is 0.311 e. The Morgan fingerprint density at radius 1 is 1.46 bits per heavy atom. The van der Waals surface area contributed by atoms with Crippen LogP contribution >= 0.6 is 11.8 Å². The molecule has 1 aliphatic heterocycles. The molecule has 1 unspecified atom stereocenters. The van der Waals surface area contributed by atoms with E-state index >= 15 is 0 Å². The zero-order valence-corrected chi connectivity index (χ0v) is 14.9. The van der Waals surface area contributed by atoms with E-state index in [0.29, 0.717) is 13.1 Å². The van der Waals surface area contributed by atoms with E-state index in [4.69, 9.17) is 0 Å². The van der Waals surface area contributed by atoms with E-state index in [-0.39, 0.29) is 17.9 Å². The maximum atomic E-state index is 12.6. The van der Waals surface area contributed by atoms with Gasteiger partial charge in [0.15, 0.2) is 0 Å². The summed E-state index contributed by atoms with van der Waals surface area (Å²) in [5.74, 6) is -0.605. The Labute approximate surface area is 146 Å². The standard InChI is InChI=1S/C18H24N2O3S/c1-12(16(21)19-14-6-3-7-15(9-14)24-2)20-10-13-5-4-8-18(13,11-20)17(22)23/h3,6-7,9,12-13H,4-5,8,10-11H2,1-2H3,(H,19,21)(H,22,23)/t12?,13-,18+/m0/s1. The molecule has 130 valence electrons. The average Bonchev–Trinajstić information content (AvgIpc) is 3.12. The zero-order chi connectivity index (χ0) is 17.3. The van der Waals surface area contributed by atoms with Gasteiger partial charge in [-0.05, 0) is 50.1 Å². The fourth-order valence-electron chi connectivity index (χ4n) is 4.09. The lowest BCUT2D eigenvalue weighted by atomic mass is 9.81. The first-order valence-corrected chi connectivity index (χ1v) is 9.61. The monoisotopic (exact) mass is 348 g/mol. The van der Waals surface area contributed by atoms with Crippen LogP contribution in [-0.4, -0.2) is 47.3 Å². The minimum atomic E-state index is -0.701. The first-order valence-electron chi connectivity index (χ1n) is 8.38. The second kappa shape index (κ2) is 6.76. The van der Waals surface area contributed by atoms with Gasteiger partial charge in [-0.2, -0.15) is 0 Å². The highest BCUT2D eigenvalue weighted by Crippen LogP contribution is 2.49. The highest BCUT2D eigenvalue weighted by atomic mass is 32.2. The number of nitrogens with one attached hydrogen (secondary N) is 1. The van der Waals surface area contributed by atoms with E-state index in [1.165, 1.54) is 0 Å². The minimum Gasteiger partial charge on any atom is -0.481 e. The highest BCUT2D eigenvalue weighted by molar-refractivity contribution is 7.98. The minimum absolute atomic E-state index is 0.0752. The number of carboxylic acid groups (broad SMARTS) is 1. The summed E-state index contributed by atoms with van der Waals surface area (Å²) in [4.78, 5) is 27.5. The van der Waals surface area contributed by atoms with Crippen LogP contribution in [0, 0.1) is 11.3 Å². The van der Waals surface area contributed by atoms with Crippen LogP contribution in [-0.2, 0) is 9.59 Å². The lowest BCUT2D eigenvalue weighted by Gasteiger charge is -2.26. The molecule has 2 fully saturated rings. The summed E-state index contributed by atoms with van der Waals surface area (Å²) in [5, 5.41) is 12.6. The van der Waals surface area contributed by atoms with Crippen molar-refractivity contribution in [3.63, 3.8) is 0 Å². The third-order valence-electron chi connectivity index (χ3n) is 5.59. The number of rotatable bonds is 5. The molecule has 1 saturated carbocycles. The van der Waals surface area contributed by atoms with Crippen molar-refractivity contribution in [3.8, 4) is 0 Å². The van der Waals surface area contributed by atoms with E-state index in [2.05, 4.69) is 5.32 Å². The van der Waals surface area contributed by atoms with Crippen LogP contribution in [0.25, 0.3) is 0 Å². The van der Waals surface area contributed by atoms with Crippen LogP contribution < -0.4 is 5.32 Å². The molecule has 24 heavy (non-hydrogen) atoms. The lowest BCUT2D eigenvalue weighted by molar-refractivity contribution is -0.149. The number of thioether (sulfide) groups is 1. The molecule has 2 N–H and O–H groups in total. The molecule has 6 heteroatoms. The number of anilines is 1. The SMILES string of the molecule is CSc1cccc(NC(=O)C(C)N2C[C@@H]3CCC[C@@]3(C(=O)O)C2)c1. The molecule has 2 aliphatic rings. The quantitative estimate of drug-likeness (QED) is 0.801. The van der Waals surface area contributed by atoms with Gasteiger partial charge in [-0.25, -0.2) is 0 Å². The van der Waals surface area contributed by atoms with Crippen LogP contribution in [0.3, 0.4) is 0 Å². The summed E-state index contributed by atoms with van der Waals surface area (Å²) in [6, 6.07) is 7.42. The van der Waals surface area contributed by atoms with Gasteiger partial charge in [0.25, 0.3) is 0 Å². The first-order chi connectivity index (χ1) is 11.5. The number of benzene rings is 1. The fourth-order valence-corrected chi connectivity index (χ4v) is 4.55. The van der Waals surface area contributed by atoms with Crippen molar-refractivity contribution in [2.75, 3.05) is 24.7 Å². The van der Waals surface area contributed by atoms with Crippen molar-refractivity contribution < 1.29 is 14.7 Å². The average molecular weight is 348 g/mol. The summed E-state index contributed by atoms with van der Waals surface area (Å²) in [6.07, 6.45) is 4.66.